The molecule has 3 aromatic heterocycles. The highest BCUT2D eigenvalue weighted by Crippen LogP contribution is 2.44. The van der Waals surface area contributed by atoms with Crippen LogP contribution >= 0.6 is 0 Å². The van der Waals surface area contributed by atoms with Crippen molar-refractivity contribution in [1.29, 1.82) is 0 Å². The Kier molecular flexibility index (Phi) is 7.61. The number of hydrogen-bond donors (Lipinski definition) is 2. The number of anilines is 1. The number of amides is 1. The maximum Gasteiger partial charge on any atom is 0.248 e. The molecule has 4 aromatic rings. The SMILES string of the molecule is COc1ccc(-c2ccc(-c3cnn4c(N)c(CC(C=O)OC)c(C5CC6CCC(C5)N6C(=O)CO)nc34)cn2)cc1. The lowest BCUT2D eigenvalue weighted by Crippen LogP contribution is -2.47. The molecule has 3 N–H and O–H groups in total. The second-order valence-corrected chi connectivity index (χ2v) is 10.9. The molecule has 1 aromatic carbocycles. The van der Waals surface area contributed by atoms with E-state index in [1.807, 2.05) is 41.3 Å². The number of carbonyl (C=O) groups excluding carboxylic acids is 2. The molecule has 2 aliphatic rings. The third-order valence-electron chi connectivity index (χ3n) is 8.68. The highest BCUT2D eigenvalue weighted by molar-refractivity contribution is 5.80. The van der Waals surface area contributed by atoms with E-state index in [1.54, 1.807) is 24.0 Å². The van der Waals surface area contributed by atoms with Gasteiger partial charge < -0.3 is 30.0 Å². The molecular weight excluding hydrogens is 536 g/mol. The van der Waals surface area contributed by atoms with Crippen LogP contribution in [-0.2, 0) is 20.7 Å². The standard InChI is InChI=1S/C31H34N6O5/c1-41-23-8-3-18(4-9-23)27-10-5-19(14-33-27)26-15-34-37-30(32)25(13-24(16-38)42-2)29(35-31(26)37)20-11-21-6-7-22(12-20)36(21)28(40)17-39/h3-5,8-10,14-16,20-22,24,39H,6-7,11-13,17,32H2,1-2H3. The Labute approximate surface area is 243 Å². The summed E-state index contributed by atoms with van der Waals surface area (Å²) < 4.78 is 12.3. The highest BCUT2D eigenvalue weighted by atomic mass is 16.5. The summed E-state index contributed by atoms with van der Waals surface area (Å²) in [5, 5.41) is 14.1. The van der Waals surface area contributed by atoms with Crippen molar-refractivity contribution >= 4 is 23.7 Å². The zero-order chi connectivity index (χ0) is 29.4. The van der Waals surface area contributed by atoms with Gasteiger partial charge in [0.25, 0.3) is 0 Å². The fourth-order valence-corrected chi connectivity index (χ4v) is 6.58. The van der Waals surface area contributed by atoms with Gasteiger partial charge in [-0.3, -0.25) is 9.78 Å². The largest absolute Gasteiger partial charge is 0.497 e. The van der Waals surface area contributed by atoms with Gasteiger partial charge in [0, 0.05) is 60.0 Å². The Bertz CT molecular complexity index is 1590. The average molecular weight is 571 g/mol. The summed E-state index contributed by atoms with van der Waals surface area (Å²) in [4.78, 5) is 35.9. The van der Waals surface area contributed by atoms with Gasteiger partial charge in [-0.25, -0.2) is 4.98 Å². The van der Waals surface area contributed by atoms with Gasteiger partial charge in [-0.05, 0) is 56.0 Å². The van der Waals surface area contributed by atoms with Crippen molar-refractivity contribution in [2.24, 2.45) is 0 Å². The van der Waals surface area contributed by atoms with Gasteiger partial charge >= 0.3 is 0 Å². The Morgan fingerprint density at radius 1 is 1.10 bits per heavy atom. The van der Waals surface area contributed by atoms with E-state index in [9.17, 15) is 14.7 Å². The molecule has 2 fully saturated rings. The number of carbonyl (C=O) groups is 2. The lowest BCUT2D eigenvalue weighted by molar-refractivity contribution is -0.138. The van der Waals surface area contributed by atoms with Crippen molar-refractivity contribution in [3.8, 4) is 28.1 Å². The van der Waals surface area contributed by atoms with Crippen LogP contribution in [0.1, 0.15) is 42.9 Å². The number of rotatable bonds is 9. The molecule has 6 rings (SSSR count). The summed E-state index contributed by atoms with van der Waals surface area (Å²) in [7, 11) is 3.13. The molecule has 0 aliphatic carbocycles. The van der Waals surface area contributed by atoms with E-state index in [0.29, 0.717) is 24.3 Å². The normalized spacial score (nSPS) is 20.5. The van der Waals surface area contributed by atoms with Crippen molar-refractivity contribution in [3.05, 3.63) is 60.0 Å². The first-order valence-electron chi connectivity index (χ1n) is 14.1. The van der Waals surface area contributed by atoms with Crippen LogP contribution in [0.5, 0.6) is 5.75 Å². The molecule has 5 heterocycles. The minimum atomic E-state index is -0.678. The molecular formula is C31H34N6O5. The van der Waals surface area contributed by atoms with E-state index >= 15 is 0 Å². The van der Waals surface area contributed by atoms with Crippen molar-refractivity contribution in [2.45, 2.75) is 56.2 Å². The van der Waals surface area contributed by atoms with Gasteiger partial charge in [0.1, 0.15) is 30.6 Å². The molecule has 0 saturated carbocycles. The van der Waals surface area contributed by atoms with Crippen LogP contribution in [0.2, 0.25) is 0 Å². The number of benzene rings is 1. The quantitative estimate of drug-likeness (QED) is 0.290. The number of aromatic nitrogens is 4. The average Bonchev–Trinajstić information content (AvgIpc) is 3.58. The molecule has 3 unspecified atom stereocenters. The number of methoxy groups -OCH3 is 2. The van der Waals surface area contributed by atoms with Crippen molar-refractivity contribution in [3.63, 3.8) is 0 Å². The Morgan fingerprint density at radius 3 is 2.40 bits per heavy atom. The third-order valence-corrected chi connectivity index (χ3v) is 8.68. The van der Waals surface area contributed by atoms with Crippen LogP contribution in [-0.4, -0.2) is 80.8 Å². The second kappa shape index (κ2) is 11.5. The monoisotopic (exact) mass is 570 g/mol. The van der Waals surface area contributed by atoms with Crippen molar-refractivity contribution < 1.29 is 24.2 Å². The number of hydrogen-bond acceptors (Lipinski definition) is 9. The van der Waals surface area contributed by atoms with Gasteiger partial charge in [-0.15, -0.1) is 0 Å². The first-order chi connectivity index (χ1) is 20.4. The molecule has 218 valence electrons. The first kappa shape index (κ1) is 27.8. The number of aldehydes is 1. The summed E-state index contributed by atoms with van der Waals surface area (Å²) >= 11 is 0. The maximum absolute atomic E-state index is 12.5. The van der Waals surface area contributed by atoms with Gasteiger partial charge in [0.2, 0.25) is 5.91 Å². The number of ether oxygens (including phenoxy) is 2. The van der Waals surface area contributed by atoms with Crippen molar-refractivity contribution in [2.75, 3.05) is 26.6 Å². The molecule has 2 bridgehead atoms. The summed E-state index contributed by atoms with van der Waals surface area (Å²) in [6.07, 6.45) is 7.08. The zero-order valence-electron chi connectivity index (χ0n) is 23.6. The van der Waals surface area contributed by atoms with Crippen molar-refractivity contribution in [1.82, 2.24) is 24.5 Å². The van der Waals surface area contributed by atoms with Crippen LogP contribution < -0.4 is 10.5 Å². The molecule has 11 heteroatoms. The summed E-state index contributed by atoms with van der Waals surface area (Å²) in [6, 6.07) is 11.7. The second-order valence-electron chi connectivity index (χ2n) is 10.9. The number of aliphatic hydroxyl groups is 1. The number of nitrogen functional groups attached to an aromatic ring is 1. The number of pyridine rings is 1. The highest BCUT2D eigenvalue weighted by Gasteiger charge is 2.44. The fraction of sp³-hybridized carbons (Fsp3) is 0.387. The summed E-state index contributed by atoms with van der Waals surface area (Å²) in [5.74, 6) is 0.988. The Morgan fingerprint density at radius 2 is 1.81 bits per heavy atom. The minimum Gasteiger partial charge on any atom is -0.497 e. The number of fused-ring (bicyclic) bond motifs is 3. The van der Waals surface area contributed by atoms with E-state index in [4.69, 9.17) is 25.2 Å². The molecule has 0 radical (unpaired) electrons. The summed E-state index contributed by atoms with van der Waals surface area (Å²) in [5.41, 5.74) is 12.3. The molecule has 3 atom stereocenters. The zero-order valence-corrected chi connectivity index (χ0v) is 23.6. The van der Waals surface area contributed by atoms with E-state index in [2.05, 4.69) is 5.10 Å². The van der Waals surface area contributed by atoms with Gasteiger partial charge in [-0.1, -0.05) is 6.07 Å². The first-order valence-corrected chi connectivity index (χ1v) is 14.1. The van der Waals surface area contributed by atoms with Crippen LogP contribution in [0, 0.1) is 0 Å². The number of nitrogens with two attached hydrogens (primary N) is 1. The van der Waals surface area contributed by atoms with E-state index in [-0.39, 0.29) is 30.3 Å². The van der Waals surface area contributed by atoms with Crippen LogP contribution in [0.25, 0.3) is 28.0 Å². The van der Waals surface area contributed by atoms with E-state index in [0.717, 1.165) is 58.5 Å². The predicted octanol–water partition coefficient (Wildman–Crippen LogP) is 3.03. The predicted molar refractivity (Wildman–Crippen MR) is 156 cm³/mol. The van der Waals surface area contributed by atoms with Crippen LogP contribution in [0.4, 0.5) is 5.82 Å². The Balaban J connectivity index is 1.39. The van der Waals surface area contributed by atoms with Gasteiger partial charge in [-0.2, -0.15) is 9.61 Å². The fourth-order valence-electron chi connectivity index (χ4n) is 6.58. The topological polar surface area (TPSA) is 145 Å². The number of nitrogens with zero attached hydrogens (tertiary/aromatic N) is 5. The van der Waals surface area contributed by atoms with Gasteiger partial charge in [0.05, 0.1) is 24.7 Å². The molecule has 11 nitrogen and oxygen atoms in total. The molecule has 2 saturated heterocycles. The summed E-state index contributed by atoms with van der Waals surface area (Å²) in [6.45, 7) is -0.487. The van der Waals surface area contributed by atoms with Crippen LogP contribution in [0.15, 0.2) is 48.8 Å². The lowest BCUT2D eigenvalue weighted by Gasteiger charge is -2.39. The smallest absolute Gasteiger partial charge is 0.248 e. The van der Waals surface area contributed by atoms with E-state index < -0.39 is 12.7 Å². The van der Waals surface area contributed by atoms with Gasteiger partial charge in [0.15, 0.2) is 5.65 Å². The molecule has 42 heavy (non-hydrogen) atoms. The molecule has 1 amide bonds. The Hall–Kier alpha value is -4.35. The number of piperidine rings is 1. The minimum absolute atomic E-state index is 0.0232. The maximum atomic E-state index is 12.5. The molecule has 0 spiro atoms. The number of aliphatic hydroxyl groups excluding tert-OH is 1. The molecule has 2 aliphatic heterocycles. The van der Waals surface area contributed by atoms with E-state index in [1.165, 1.54) is 7.11 Å². The van der Waals surface area contributed by atoms with Crippen LogP contribution in [0.3, 0.4) is 0 Å². The third kappa shape index (κ3) is 4.88. The lowest BCUT2D eigenvalue weighted by atomic mass is 9.85.